The van der Waals surface area contributed by atoms with Crippen molar-refractivity contribution in [3.05, 3.63) is 29.3 Å². The molecular formula is C14H18N4OS. The number of imidazole rings is 1. The van der Waals surface area contributed by atoms with Gasteiger partial charge in [-0.25, -0.2) is 9.97 Å². The molecule has 1 aliphatic carbocycles. The van der Waals surface area contributed by atoms with Crippen molar-refractivity contribution in [3.8, 4) is 0 Å². The number of aromatic nitrogens is 3. The molecule has 5 nitrogen and oxygen atoms in total. The Morgan fingerprint density at radius 2 is 2.50 bits per heavy atom. The Kier molecular flexibility index (Phi) is 3.82. The number of nitrogens with one attached hydrogen (secondary N) is 1. The van der Waals surface area contributed by atoms with Gasteiger partial charge in [-0.05, 0) is 25.2 Å². The maximum atomic E-state index is 11.9. The quantitative estimate of drug-likeness (QED) is 0.941. The molecule has 3 rings (SSSR count). The largest absolute Gasteiger partial charge is 0.337 e. The molecule has 2 aromatic heterocycles. The maximum absolute atomic E-state index is 11.9. The third kappa shape index (κ3) is 3.07. The Morgan fingerprint density at radius 3 is 3.30 bits per heavy atom. The van der Waals surface area contributed by atoms with Gasteiger partial charge >= 0.3 is 0 Å². The minimum Gasteiger partial charge on any atom is -0.337 e. The number of anilines is 1. The van der Waals surface area contributed by atoms with Crippen molar-refractivity contribution < 1.29 is 4.79 Å². The van der Waals surface area contributed by atoms with Crippen LogP contribution in [0.25, 0.3) is 0 Å². The first-order valence-electron chi connectivity index (χ1n) is 6.95. The average Bonchev–Trinajstić information content (AvgIpc) is 3.04. The lowest BCUT2D eigenvalue weighted by Crippen LogP contribution is -2.14. The van der Waals surface area contributed by atoms with Crippen LogP contribution in [0, 0.1) is 5.92 Å². The predicted octanol–water partition coefficient (Wildman–Crippen LogP) is 2.49. The van der Waals surface area contributed by atoms with Crippen LogP contribution in [0.15, 0.2) is 18.7 Å². The highest BCUT2D eigenvalue weighted by Crippen LogP contribution is 2.32. The summed E-state index contributed by atoms with van der Waals surface area (Å²) in [4.78, 5) is 21.7. The van der Waals surface area contributed by atoms with Gasteiger partial charge in [0.25, 0.3) is 0 Å². The molecule has 0 bridgehead atoms. The molecule has 0 radical (unpaired) electrons. The Hall–Kier alpha value is -1.69. The van der Waals surface area contributed by atoms with E-state index in [1.54, 1.807) is 23.9 Å². The minimum absolute atomic E-state index is 0.0119. The highest BCUT2D eigenvalue weighted by atomic mass is 32.1. The fraction of sp³-hybridized carbons (Fsp3) is 0.500. The topological polar surface area (TPSA) is 59.8 Å². The van der Waals surface area contributed by atoms with E-state index in [2.05, 4.69) is 22.2 Å². The van der Waals surface area contributed by atoms with Gasteiger partial charge in [-0.3, -0.25) is 4.79 Å². The van der Waals surface area contributed by atoms with Crippen molar-refractivity contribution in [1.29, 1.82) is 0 Å². The number of aryl methyl sites for hydroxylation is 2. The van der Waals surface area contributed by atoms with E-state index in [0.717, 1.165) is 23.9 Å². The Balaban J connectivity index is 1.56. The minimum atomic E-state index is 0.0119. The molecule has 1 atom stereocenters. The van der Waals surface area contributed by atoms with E-state index in [1.165, 1.54) is 17.0 Å². The molecule has 0 saturated carbocycles. The van der Waals surface area contributed by atoms with E-state index < -0.39 is 0 Å². The van der Waals surface area contributed by atoms with Gasteiger partial charge in [-0.15, -0.1) is 11.3 Å². The number of rotatable bonds is 4. The van der Waals surface area contributed by atoms with Crippen LogP contribution in [0.2, 0.25) is 0 Å². The zero-order valence-electron chi connectivity index (χ0n) is 11.5. The number of carbonyl (C=O) groups excluding carboxylic acids is 1. The van der Waals surface area contributed by atoms with Gasteiger partial charge in [0.1, 0.15) is 0 Å². The summed E-state index contributed by atoms with van der Waals surface area (Å²) in [7, 11) is 0. The van der Waals surface area contributed by atoms with Crippen molar-refractivity contribution >= 4 is 22.4 Å². The van der Waals surface area contributed by atoms with Gasteiger partial charge in [0.05, 0.1) is 12.0 Å². The highest BCUT2D eigenvalue weighted by Gasteiger charge is 2.20. The second kappa shape index (κ2) is 5.75. The fourth-order valence-corrected chi connectivity index (χ4v) is 3.61. The highest BCUT2D eigenvalue weighted by molar-refractivity contribution is 7.15. The van der Waals surface area contributed by atoms with Crippen LogP contribution in [0.4, 0.5) is 5.13 Å². The Labute approximate surface area is 122 Å². The lowest BCUT2D eigenvalue weighted by molar-refractivity contribution is -0.116. The third-order valence-corrected chi connectivity index (χ3v) is 4.62. The van der Waals surface area contributed by atoms with Crippen LogP contribution in [0.5, 0.6) is 0 Å². The average molecular weight is 290 g/mol. The van der Waals surface area contributed by atoms with Gasteiger partial charge in [-0.2, -0.15) is 0 Å². The molecular weight excluding hydrogens is 272 g/mol. The second-order valence-corrected chi connectivity index (χ2v) is 6.42. The first kappa shape index (κ1) is 13.3. The summed E-state index contributed by atoms with van der Waals surface area (Å²) < 4.78 is 1.90. The van der Waals surface area contributed by atoms with Gasteiger partial charge < -0.3 is 9.88 Å². The molecule has 2 heterocycles. The molecule has 0 aliphatic heterocycles. The van der Waals surface area contributed by atoms with Crippen molar-refractivity contribution in [2.45, 2.75) is 39.2 Å². The summed E-state index contributed by atoms with van der Waals surface area (Å²) in [6.07, 6.45) is 9.07. The molecule has 6 heteroatoms. The summed E-state index contributed by atoms with van der Waals surface area (Å²) >= 11 is 1.63. The van der Waals surface area contributed by atoms with Crippen LogP contribution in [-0.4, -0.2) is 20.4 Å². The van der Waals surface area contributed by atoms with Crippen molar-refractivity contribution in [3.63, 3.8) is 0 Å². The van der Waals surface area contributed by atoms with E-state index in [0.29, 0.717) is 13.0 Å². The van der Waals surface area contributed by atoms with Gasteiger partial charge in [-0.1, -0.05) is 6.92 Å². The second-order valence-electron chi connectivity index (χ2n) is 5.34. The van der Waals surface area contributed by atoms with Crippen LogP contribution < -0.4 is 5.32 Å². The molecule has 2 aromatic rings. The number of nitrogens with zero attached hydrogens (tertiary/aromatic N) is 3. The van der Waals surface area contributed by atoms with Crippen molar-refractivity contribution in [2.75, 3.05) is 5.32 Å². The lowest BCUT2D eigenvalue weighted by atomic mass is 9.93. The summed E-state index contributed by atoms with van der Waals surface area (Å²) in [6, 6.07) is 0. The van der Waals surface area contributed by atoms with Gasteiger partial charge in [0.2, 0.25) is 5.91 Å². The number of amides is 1. The summed E-state index contributed by atoms with van der Waals surface area (Å²) in [5, 5.41) is 3.66. The molecule has 1 aliphatic rings. The SMILES string of the molecule is CC1CCc2nc(NC(=O)CCn3ccnc3)sc2C1. The summed E-state index contributed by atoms with van der Waals surface area (Å²) in [5.74, 6) is 0.741. The number of fused-ring (bicyclic) bond motifs is 1. The molecule has 1 N–H and O–H groups in total. The molecule has 0 aromatic carbocycles. The lowest BCUT2D eigenvalue weighted by Gasteiger charge is -2.15. The Bertz CT molecular complexity index is 590. The van der Waals surface area contributed by atoms with Crippen molar-refractivity contribution in [2.24, 2.45) is 5.92 Å². The Morgan fingerprint density at radius 1 is 1.60 bits per heavy atom. The number of hydrogen-bond acceptors (Lipinski definition) is 4. The first-order valence-corrected chi connectivity index (χ1v) is 7.76. The molecule has 1 amide bonds. The number of hydrogen-bond donors (Lipinski definition) is 1. The summed E-state index contributed by atoms with van der Waals surface area (Å²) in [5.41, 5.74) is 1.18. The van der Waals surface area contributed by atoms with Crippen LogP contribution in [0.3, 0.4) is 0 Å². The molecule has 0 fully saturated rings. The maximum Gasteiger partial charge on any atom is 0.227 e. The van der Waals surface area contributed by atoms with Gasteiger partial charge in [0, 0.05) is 30.2 Å². The third-order valence-electron chi connectivity index (χ3n) is 3.59. The molecule has 20 heavy (non-hydrogen) atoms. The van der Waals surface area contributed by atoms with E-state index >= 15 is 0 Å². The molecule has 106 valence electrons. The molecule has 1 unspecified atom stereocenters. The molecule has 0 saturated heterocycles. The standard InChI is InChI=1S/C14H18N4OS/c1-10-2-3-11-12(8-10)20-14(16-11)17-13(19)4-6-18-7-5-15-9-18/h5,7,9-10H,2-4,6,8H2,1H3,(H,16,17,19). The van der Waals surface area contributed by atoms with Gasteiger partial charge in [0.15, 0.2) is 5.13 Å². The van der Waals surface area contributed by atoms with E-state index in [1.807, 2.05) is 10.8 Å². The number of thiazole rings is 1. The first-order chi connectivity index (χ1) is 9.70. The van der Waals surface area contributed by atoms with E-state index in [9.17, 15) is 4.79 Å². The molecule has 0 spiro atoms. The fourth-order valence-electron chi connectivity index (χ4n) is 2.42. The number of carbonyl (C=O) groups is 1. The van der Waals surface area contributed by atoms with E-state index in [-0.39, 0.29) is 5.91 Å². The van der Waals surface area contributed by atoms with Crippen LogP contribution in [-0.2, 0) is 24.2 Å². The smallest absolute Gasteiger partial charge is 0.227 e. The van der Waals surface area contributed by atoms with Crippen molar-refractivity contribution in [1.82, 2.24) is 14.5 Å². The van der Waals surface area contributed by atoms with Crippen LogP contribution in [0.1, 0.15) is 30.3 Å². The van der Waals surface area contributed by atoms with E-state index in [4.69, 9.17) is 0 Å². The van der Waals surface area contributed by atoms with Crippen LogP contribution >= 0.6 is 11.3 Å². The summed E-state index contributed by atoms with van der Waals surface area (Å²) in [6.45, 7) is 2.92. The zero-order chi connectivity index (χ0) is 13.9. The monoisotopic (exact) mass is 290 g/mol. The normalized spacial score (nSPS) is 17.8. The predicted molar refractivity (Wildman–Crippen MR) is 78.8 cm³/mol. The zero-order valence-corrected chi connectivity index (χ0v) is 12.3.